The maximum absolute atomic E-state index is 8.61. The van der Waals surface area contributed by atoms with Crippen LogP contribution in [0.25, 0.3) is 66.1 Å². The van der Waals surface area contributed by atoms with Crippen molar-refractivity contribution in [2.75, 3.05) is 0 Å². The Morgan fingerprint density at radius 2 is 1.06 bits per heavy atom. The number of aliphatic imine (C=N–C) groups is 1. The summed E-state index contributed by atoms with van der Waals surface area (Å²) in [5.74, 6) is 0. The lowest BCUT2D eigenvalue weighted by Gasteiger charge is -2.11. The molecule has 0 spiro atoms. The Morgan fingerprint density at radius 3 is 1.79 bits per heavy atom. The lowest BCUT2D eigenvalue weighted by molar-refractivity contribution is 1.18. The van der Waals surface area contributed by atoms with E-state index in [9.17, 15) is 0 Å². The first kappa shape index (κ1) is 27.8. The summed E-state index contributed by atoms with van der Waals surface area (Å²) in [5, 5.41) is 13.4. The molecule has 9 rings (SSSR count). The number of nitrogens with one attached hydrogen (secondary N) is 1. The molecule has 8 aromatic rings. The Kier molecular flexibility index (Phi) is 6.58. The van der Waals surface area contributed by atoms with Gasteiger partial charge < -0.3 is 9.98 Å². The molecule has 0 radical (unpaired) electrons. The monoisotopic (exact) mass is 614 g/mol. The van der Waals surface area contributed by atoms with Crippen LogP contribution in [0.4, 0.5) is 0 Å². The fourth-order valence-corrected chi connectivity index (χ4v) is 7.02. The van der Waals surface area contributed by atoms with Crippen molar-refractivity contribution in [3.63, 3.8) is 0 Å². The zero-order valence-corrected chi connectivity index (χ0v) is 26.1. The Bertz CT molecular complexity index is 2660. The molecule has 1 N–H and O–H groups in total. The maximum Gasteiger partial charge on any atom is 0.100 e. The third-order valence-electron chi connectivity index (χ3n) is 9.26. The first-order valence-electron chi connectivity index (χ1n) is 16.1. The van der Waals surface area contributed by atoms with Crippen LogP contribution in [0, 0.1) is 5.41 Å². The molecular formula is C44H30N4. The molecule has 0 atom stereocenters. The van der Waals surface area contributed by atoms with Gasteiger partial charge in [0, 0.05) is 38.4 Å². The highest BCUT2D eigenvalue weighted by molar-refractivity contribution is 6.16. The minimum Gasteiger partial charge on any atom is -0.309 e. The Hall–Kier alpha value is -6.52. The second-order valence-electron chi connectivity index (χ2n) is 12.0. The average Bonchev–Trinajstić information content (AvgIpc) is 3.65. The summed E-state index contributed by atoms with van der Waals surface area (Å²) in [6.45, 7) is 0. The molecule has 0 bridgehead atoms. The van der Waals surface area contributed by atoms with Gasteiger partial charge in [0.05, 0.1) is 33.5 Å². The van der Waals surface area contributed by atoms with Gasteiger partial charge in [0.25, 0.3) is 0 Å². The predicted octanol–water partition coefficient (Wildman–Crippen LogP) is 11.0. The van der Waals surface area contributed by atoms with Gasteiger partial charge in [-0.15, -0.1) is 0 Å². The summed E-state index contributed by atoms with van der Waals surface area (Å²) < 4.78 is 4.52. The largest absolute Gasteiger partial charge is 0.309 e. The van der Waals surface area contributed by atoms with Gasteiger partial charge >= 0.3 is 0 Å². The molecule has 0 aliphatic heterocycles. The first-order valence-corrected chi connectivity index (χ1v) is 16.1. The van der Waals surface area contributed by atoms with Crippen molar-refractivity contribution in [2.45, 2.75) is 0 Å². The first-order chi connectivity index (χ1) is 23.7. The number of nitrogens with zero attached hydrogens (tertiary/aromatic N) is 3. The van der Waals surface area contributed by atoms with Crippen molar-refractivity contribution < 1.29 is 0 Å². The molecule has 0 unspecified atom stereocenters. The van der Waals surface area contributed by atoms with E-state index in [0.29, 0.717) is 5.71 Å². The van der Waals surface area contributed by atoms with Crippen LogP contribution in [0.1, 0.15) is 5.56 Å². The second-order valence-corrected chi connectivity index (χ2v) is 12.0. The van der Waals surface area contributed by atoms with E-state index < -0.39 is 0 Å². The standard InChI is InChI=1S/C44H30N4/c45-39-20-10-7-19-36(39)44(30-13-3-1-4-14-30)46-29-47-40-21-11-8-17-34(40)37-27-31(23-25-41(37)47)32-24-26-43-38(28-32)35-18-9-12-22-42(35)48(43)33-15-5-2-6-16-33/h1-29,45H/b44-36-,45-39?,46-29?. The van der Waals surface area contributed by atoms with Crippen molar-refractivity contribution >= 4 is 61.4 Å². The number of allylic oxidation sites excluding steroid dienone is 5. The molecule has 4 nitrogen and oxygen atoms in total. The zero-order chi connectivity index (χ0) is 32.0. The van der Waals surface area contributed by atoms with Gasteiger partial charge in [0.2, 0.25) is 0 Å². The molecule has 1 aliphatic carbocycles. The van der Waals surface area contributed by atoms with Crippen LogP contribution in [0.3, 0.4) is 0 Å². The molecule has 226 valence electrons. The SMILES string of the molecule is N=C1C=CC=C/C1=C(/N=Cn1c2ccccc2c2cc(-c3ccc4c(c3)c3ccccc3n4-c3ccccc3)ccc21)c1ccccc1. The number of para-hydroxylation sites is 3. The van der Waals surface area contributed by atoms with Crippen LogP contribution in [-0.2, 0) is 0 Å². The van der Waals surface area contributed by atoms with Gasteiger partial charge in [-0.05, 0) is 65.7 Å². The number of benzene rings is 6. The van der Waals surface area contributed by atoms with Gasteiger partial charge in [-0.25, -0.2) is 4.99 Å². The predicted molar refractivity (Wildman–Crippen MR) is 202 cm³/mol. The topological polar surface area (TPSA) is 46.1 Å². The lowest BCUT2D eigenvalue weighted by atomic mass is 9.99. The molecule has 4 heteroatoms. The second kappa shape index (κ2) is 11.4. The number of hydrogen-bond acceptors (Lipinski definition) is 2. The van der Waals surface area contributed by atoms with Crippen molar-refractivity contribution in [1.29, 1.82) is 5.41 Å². The number of aromatic nitrogens is 2. The Balaban J connectivity index is 1.19. The average molecular weight is 615 g/mol. The van der Waals surface area contributed by atoms with Crippen LogP contribution in [0.15, 0.2) is 180 Å². The molecule has 48 heavy (non-hydrogen) atoms. The lowest BCUT2D eigenvalue weighted by Crippen LogP contribution is -2.03. The molecule has 1 aliphatic rings. The Morgan fingerprint density at radius 1 is 0.521 bits per heavy atom. The van der Waals surface area contributed by atoms with E-state index in [4.69, 9.17) is 10.4 Å². The zero-order valence-electron chi connectivity index (χ0n) is 26.1. The normalized spacial score (nSPS) is 14.3. The summed E-state index contributed by atoms with van der Waals surface area (Å²) >= 11 is 0. The quantitative estimate of drug-likeness (QED) is 0.148. The minimum atomic E-state index is 0.448. The fraction of sp³-hybridized carbons (Fsp3) is 0. The van der Waals surface area contributed by atoms with E-state index in [1.165, 1.54) is 43.7 Å². The van der Waals surface area contributed by atoms with Crippen molar-refractivity contribution in [3.05, 3.63) is 181 Å². The highest BCUT2D eigenvalue weighted by Crippen LogP contribution is 2.37. The van der Waals surface area contributed by atoms with Crippen molar-refractivity contribution in [3.8, 4) is 16.8 Å². The summed E-state index contributed by atoms with van der Waals surface area (Å²) in [6.07, 6.45) is 9.54. The van der Waals surface area contributed by atoms with Gasteiger partial charge in [-0.1, -0.05) is 115 Å². The molecule has 2 heterocycles. The summed E-state index contributed by atoms with van der Waals surface area (Å²) in [4.78, 5) is 5.07. The van der Waals surface area contributed by atoms with Crippen molar-refractivity contribution in [1.82, 2.24) is 9.13 Å². The van der Waals surface area contributed by atoms with Gasteiger partial charge in [0.1, 0.15) is 6.34 Å². The van der Waals surface area contributed by atoms with Crippen LogP contribution < -0.4 is 0 Å². The summed E-state index contributed by atoms with van der Waals surface area (Å²) in [5.41, 5.74) is 11.1. The molecule has 2 aromatic heterocycles. The molecule has 0 amide bonds. The number of fused-ring (bicyclic) bond motifs is 6. The van der Waals surface area contributed by atoms with Crippen LogP contribution >= 0.6 is 0 Å². The van der Waals surface area contributed by atoms with Crippen LogP contribution in [0.5, 0.6) is 0 Å². The van der Waals surface area contributed by atoms with Gasteiger partial charge in [0.15, 0.2) is 0 Å². The van der Waals surface area contributed by atoms with Crippen LogP contribution in [-0.4, -0.2) is 21.2 Å². The van der Waals surface area contributed by atoms with E-state index in [1.54, 1.807) is 0 Å². The summed E-state index contributed by atoms with van der Waals surface area (Å²) in [6, 6.07) is 51.4. The molecule has 0 saturated heterocycles. The van der Waals surface area contributed by atoms with E-state index >= 15 is 0 Å². The number of hydrogen-bond donors (Lipinski definition) is 1. The van der Waals surface area contributed by atoms with Gasteiger partial charge in [-0.2, -0.15) is 0 Å². The van der Waals surface area contributed by atoms with Crippen molar-refractivity contribution in [2.24, 2.45) is 4.99 Å². The summed E-state index contributed by atoms with van der Waals surface area (Å²) in [7, 11) is 0. The fourth-order valence-electron chi connectivity index (χ4n) is 7.02. The molecule has 6 aromatic carbocycles. The molecule has 0 saturated carbocycles. The molecule has 0 fully saturated rings. The van der Waals surface area contributed by atoms with E-state index in [0.717, 1.165) is 33.6 Å². The minimum absolute atomic E-state index is 0.448. The van der Waals surface area contributed by atoms with Crippen LogP contribution in [0.2, 0.25) is 0 Å². The van der Waals surface area contributed by atoms with E-state index in [2.05, 4.69) is 124 Å². The van der Waals surface area contributed by atoms with Gasteiger partial charge in [-0.3, -0.25) is 4.57 Å². The Labute approximate surface area is 278 Å². The third-order valence-corrected chi connectivity index (χ3v) is 9.26. The van der Waals surface area contributed by atoms with E-state index in [1.807, 2.05) is 61.0 Å². The highest BCUT2D eigenvalue weighted by Gasteiger charge is 2.16. The smallest absolute Gasteiger partial charge is 0.100 e. The number of rotatable bonds is 5. The highest BCUT2D eigenvalue weighted by atomic mass is 15.0. The molecular weight excluding hydrogens is 585 g/mol. The van der Waals surface area contributed by atoms with E-state index in [-0.39, 0.29) is 0 Å². The third kappa shape index (κ3) is 4.54. The maximum atomic E-state index is 8.61.